The summed E-state index contributed by atoms with van der Waals surface area (Å²) in [7, 11) is 0. The minimum absolute atomic E-state index is 0.594. The second-order valence-corrected chi connectivity index (χ2v) is 8.46. The maximum atomic E-state index is 2.50. The summed E-state index contributed by atoms with van der Waals surface area (Å²) in [6.07, 6.45) is 2.47. The van der Waals surface area contributed by atoms with Crippen LogP contribution in [0.15, 0.2) is 60.7 Å². The van der Waals surface area contributed by atoms with Gasteiger partial charge in [0.15, 0.2) is 0 Å². The van der Waals surface area contributed by atoms with Crippen LogP contribution in [-0.2, 0) is 0 Å². The second kappa shape index (κ2) is 10.1. The lowest BCUT2D eigenvalue weighted by atomic mass is 10.1. The van der Waals surface area contributed by atoms with Gasteiger partial charge in [-0.3, -0.25) is 0 Å². The molecule has 112 valence electrons. The van der Waals surface area contributed by atoms with Crippen molar-refractivity contribution in [3.63, 3.8) is 0 Å². The Kier molecular flexibility index (Phi) is 8.47. The number of hydrogen-bond donors (Lipinski definition) is 0. The topological polar surface area (TPSA) is 0 Å². The number of benzene rings is 2. The summed E-state index contributed by atoms with van der Waals surface area (Å²) in [5.74, 6) is 0. The highest BCUT2D eigenvalue weighted by atomic mass is 127. The summed E-state index contributed by atoms with van der Waals surface area (Å²) in [6.45, 7) is 0. The second-order valence-electron chi connectivity index (χ2n) is 4.89. The van der Waals surface area contributed by atoms with Crippen LogP contribution in [0.5, 0.6) is 0 Å². The van der Waals surface area contributed by atoms with Crippen LogP contribution in [-0.4, -0.2) is 8.86 Å². The summed E-state index contributed by atoms with van der Waals surface area (Å²) in [5, 5.41) is 1.19. The van der Waals surface area contributed by atoms with E-state index < -0.39 is 0 Å². The molecule has 0 saturated heterocycles. The zero-order valence-electron chi connectivity index (χ0n) is 11.9. The van der Waals surface area contributed by atoms with E-state index in [9.17, 15) is 0 Å². The largest absolute Gasteiger partial charge is 0.146 e. The first kappa shape index (κ1) is 17.6. The lowest BCUT2D eigenvalue weighted by Gasteiger charge is -2.23. The molecule has 0 aliphatic carbocycles. The molecule has 2 aromatic carbocycles. The fourth-order valence-electron chi connectivity index (χ4n) is 2.36. The van der Waals surface area contributed by atoms with E-state index >= 15 is 0 Å². The van der Waals surface area contributed by atoms with Gasteiger partial charge in [0.05, 0.1) is 0 Å². The van der Waals surface area contributed by atoms with Gasteiger partial charge in [-0.1, -0.05) is 106 Å². The van der Waals surface area contributed by atoms with Gasteiger partial charge in [-0.15, -0.1) is 11.8 Å². The van der Waals surface area contributed by atoms with Crippen LogP contribution in [0.1, 0.15) is 34.5 Å². The molecule has 21 heavy (non-hydrogen) atoms. The summed E-state index contributed by atoms with van der Waals surface area (Å²) in [5.41, 5.74) is 2.93. The smallest absolute Gasteiger partial charge is 0.0310 e. The average Bonchev–Trinajstić information content (AvgIpc) is 2.55. The van der Waals surface area contributed by atoms with Gasteiger partial charge in [-0.25, -0.2) is 0 Å². The van der Waals surface area contributed by atoms with Gasteiger partial charge in [-0.2, -0.15) is 0 Å². The van der Waals surface area contributed by atoms with Gasteiger partial charge >= 0.3 is 0 Å². The van der Waals surface area contributed by atoms with Crippen LogP contribution in [0, 0.1) is 0 Å². The van der Waals surface area contributed by atoms with Crippen molar-refractivity contribution in [2.24, 2.45) is 0 Å². The Labute approximate surface area is 159 Å². The van der Waals surface area contributed by atoms with Crippen LogP contribution in [0.4, 0.5) is 0 Å². The van der Waals surface area contributed by atoms with Crippen LogP contribution in [0.25, 0.3) is 0 Å². The standard InChI is InChI=1S/C18H20I2S/c19-13-11-17(15-7-3-1-4-8-15)21-18(12-14-20)16-9-5-2-6-10-16/h1-10,17-18H,11-14H2. The molecule has 0 fully saturated rings. The molecule has 0 radical (unpaired) electrons. The molecule has 3 heteroatoms. The van der Waals surface area contributed by atoms with Crippen molar-refractivity contribution < 1.29 is 0 Å². The molecular formula is C18H20I2S. The molecular weight excluding hydrogens is 502 g/mol. The minimum Gasteiger partial charge on any atom is -0.146 e. The molecule has 0 aliphatic heterocycles. The van der Waals surface area contributed by atoms with Crippen LogP contribution < -0.4 is 0 Å². The van der Waals surface area contributed by atoms with Crippen LogP contribution >= 0.6 is 56.9 Å². The zero-order valence-corrected chi connectivity index (χ0v) is 17.1. The molecule has 0 bridgehead atoms. The summed E-state index contributed by atoms with van der Waals surface area (Å²) in [6, 6.07) is 21.9. The van der Waals surface area contributed by atoms with Crippen LogP contribution in [0.3, 0.4) is 0 Å². The number of halogens is 2. The van der Waals surface area contributed by atoms with Gasteiger partial charge in [0.25, 0.3) is 0 Å². The highest BCUT2D eigenvalue weighted by Crippen LogP contribution is 2.44. The van der Waals surface area contributed by atoms with E-state index in [1.54, 1.807) is 0 Å². The third-order valence-electron chi connectivity index (χ3n) is 3.41. The van der Waals surface area contributed by atoms with Gasteiger partial charge in [0.2, 0.25) is 0 Å². The fraction of sp³-hybridized carbons (Fsp3) is 0.333. The van der Waals surface area contributed by atoms with Crippen molar-refractivity contribution in [3.8, 4) is 0 Å². The summed E-state index contributed by atoms with van der Waals surface area (Å²) >= 11 is 7.13. The maximum Gasteiger partial charge on any atom is 0.0310 e. The molecule has 2 atom stereocenters. The molecule has 0 aromatic heterocycles. The van der Waals surface area contributed by atoms with Crippen molar-refractivity contribution in [3.05, 3.63) is 71.8 Å². The van der Waals surface area contributed by atoms with E-state index in [0.717, 1.165) is 0 Å². The number of alkyl halides is 2. The minimum atomic E-state index is 0.594. The lowest BCUT2D eigenvalue weighted by Crippen LogP contribution is -2.02. The van der Waals surface area contributed by atoms with Crippen molar-refractivity contribution in [2.45, 2.75) is 23.3 Å². The van der Waals surface area contributed by atoms with Gasteiger partial charge in [0, 0.05) is 19.4 Å². The van der Waals surface area contributed by atoms with Crippen molar-refractivity contribution in [1.29, 1.82) is 0 Å². The Morgan fingerprint density at radius 3 is 1.38 bits per heavy atom. The van der Waals surface area contributed by atoms with E-state index in [2.05, 4.69) is 118 Å². The first-order chi connectivity index (χ1) is 10.3. The van der Waals surface area contributed by atoms with Gasteiger partial charge in [0.1, 0.15) is 0 Å². The Balaban J connectivity index is 2.16. The first-order valence-corrected chi connectivity index (χ1v) is 11.2. The Morgan fingerprint density at radius 1 is 0.667 bits per heavy atom. The van der Waals surface area contributed by atoms with E-state index in [-0.39, 0.29) is 0 Å². The highest BCUT2D eigenvalue weighted by Gasteiger charge is 2.19. The SMILES string of the molecule is ICCC(SC(CCI)c1ccccc1)c1ccccc1. The third kappa shape index (κ3) is 5.75. The Morgan fingerprint density at radius 2 is 1.05 bits per heavy atom. The monoisotopic (exact) mass is 522 g/mol. The molecule has 0 heterocycles. The predicted molar refractivity (Wildman–Crippen MR) is 113 cm³/mol. The third-order valence-corrected chi connectivity index (χ3v) is 6.33. The Hall–Kier alpha value is 0.250. The average molecular weight is 522 g/mol. The molecule has 0 N–H and O–H groups in total. The highest BCUT2D eigenvalue weighted by molar-refractivity contribution is 14.1. The molecule has 0 saturated carbocycles. The van der Waals surface area contributed by atoms with E-state index in [1.165, 1.54) is 32.8 Å². The van der Waals surface area contributed by atoms with Gasteiger partial charge in [-0.05, 0) is 24.0 Å². The summed E-state index contributed by atoms with van der Waals surface area (Å²) < 4.78 is 2.41. The molecule has 0 spiro atoms. The molecule has 2 aromatic rings. The molecule has 0 nitrogen and oxygen atoms in total. The zero-order chi connectivity index (χ0) is 14.9. The predicted octanol–water partition coefficient (Wildman–Crippen LogP) is 6.85. The quantitative estimate of drug-likeness (QED) is 0.270. The van der Waals surface area contributed by atoms with Crippen molar-refractivity contribution in [1.82, 2.24) is 0 Å². The molecule has 2 rings (SSSR count). The fourth-order valence-corrected chi connectivity index (χ4v) is 5.98. The van der Waals surface area contributed by atoms with Crippen molar-refractivity contribution in [2.75, 3.05) is 8.86 Å². The number of thioether (sulfide) groups is 1. The van der Waals surface area contributed by atoms with Crippen LogP contribution in [0.2, 0.25) is 0 Å². The van der Waals surface area contributed by atoms with E-state index in [0.29, 0.717) is 10.5 Å². The van der Waals surface area contributed by atoms with E-state index in [4.69, 9.17) is 0 Å². The first-order valence-electron chi connectivity index (χ1n) is 7.22. The Bertz CT molecular complexity index is 454. The molecule has 2 unspecified atom stereocenters. The molecule has 0 amide bonds. The van der Waals surface area contributed by atoms with Gasteiger partial charge < -0.3 is 0 Å². The lowest BCUT2D eigenvalue weighted by molar-refractivity contribution is 0.868. The number of rotatable bonds is 8. The maximum absolute atomic E-state index is 2.50. The molecule has 0 aliphatic rings. The number of hydrogen-bond acceptors (Lipinski definition) is 1. The van der Waals surface area contributed by atoms with Crippen molar-refractivity contribution >= 4 is 56.9 Å². The van der Waals surface area contributed by atoms with E-state index in [1.807, 2.05) is 0 Å². The normalized spacial score (nSPS) is 13.8. The summed E-state index contributed by atoms with van der Waals surface area (Å²) in [4.78, 5) is 0.